The zero-order valence-electron chi connectivity index (χ0n) is 11.1. The van der Waals surface area contributed by atoms with E-state index in [0.717, 1.165) is 5.69 Å². The topological polar surface area (TPSA) is 30.5 Å². The zero-order valence-corrected chi connectivity index (χ0v) is 12.6. The summed E-state index contributed by atoms with van der Waals surface area (Å²) in [5.74, 6) is 1.29. The van der Waals surface area contributed by atoms with Crippen molar-refractivity contribution < 1.29 is 9.47 Å². The molecule has 0 radical (unpaired) electrons. The Morgan fingerprint density at radius 3 is 2.47 bits per heavy atom. The summed E-state index contributed by atoms with van der Waals surface area (Å²) < 4.78 is 10.5. The molecule has 19 heavy (non-hydrogen) atoms. The van der Waals surface area contributed by atoms with Gasteiger partial charge in [0.15, 0.2) is 11.5 Å². The van der Waals surface area contributed by atoms with Gasteiger partial charge in [0.1, 0.15) is 0 Å². The van der Waals surface area contributed by atoms with Crippen LogP contribution in [0.4, 0.5) is 5.69 Å². The first-order valence-corrected chi connectivity index (χ1v) is 7.13. The monoisotopic (exact) mass is 297 g/mol. The van der Waals surface area contributed by atoms with Gasteiger partial charge < -0.3 is 14.8 Å². The van der Waals surface area contributed by atoms with E-state index in [1.807, 2.05) is 12.1 Å². The van der Waals surface area contributed by atoms with E-state index in [-0.39, 0.29) is 6.04 Å². The minimum absolute atomic E-state index is 0.190. The van der Waals surface area contributed by atoms with Crippen LogP contribution in [0.25, 0.3) is 0 Å². The number of anilines is 1. The van der Waals surface area contributed by atoms with Crippen molar-refractivity contribution >= 4 is 28.6 Å². The second kappa shape index (κ2) is 6.17. The van der Waals surface area contributed by atoms with Crippen molar-refractivity contribution in [1.82, 2.24) is 0 Å². The molecule has 0 aliphatic heterocycles. The number of halogens is 1. The van der Waals surface area contributed by atoms with Gasteiger partial charge in [-0.15, -0.1) is 11.3 Å². The summed E-state index contributed by atoms with van der Waals surface area (Å²) in [6.45, 7) is 2.10. The van der Waals surface area contributed by atoms with Crippen LogP contribution in [0, 0.1) is 0 Å². The minimum Gasteiger partial charge on any atom is -0.493 e. The molecule has 102 valence electrons. The number of methoxy groups -OCH3 is 2. The van der Waals surface area contributed by atoms with Crippen LogP contribution < -0.4 is 14.8 Å². The summed E-state index contributed by atoms with van der Waals surface area (Å²) in [5, 5.41) is 6.05. The highest BCUT2D eigenvalue weighted by Gasteiger charge is 2.13. The molecule has 1 aromatic heterocycles. The summed E-state index contributed by atoms with van der Waals surface area (Å²) in [6.07, 6.45) is 0. The van der Waals surface area contributed by atoms with Crippen LogP contribution in [0.3, 0.4) is 0 Å². The Morgan fingerprint density at radius 2 is 1.89 bits per heavy atom. The summed E-state index contributed by atoms with van der Waals surface area (Å²) >= 11 is 7.96. The number of hydrogen-bond acceptors (Lipinski definition) is 4. The summed E-state index contributed by atoms with van der Waals surface area (Å²) in [5.41, 5.74) is 0.834. The Hall–Kier alpha value is -1.39. The molecule has 0 amide bonds. The van der Waals surface area contributed by atoms with Gasteiger partial charge in [0, 0.05) is 17.0 Å². The van der Waals surface area contributed by atoms with E-state index in [2.05, 4.69) is 23.7 Å². The van der Waals surface area contributed by atoms with E-state index >= 15 is 0 Å². The highest BCUT2D eigenvalue weighted by Crippen LogP contribution is 2.37. The van der Waals surface area contributed by atoms with Crippen molar-refractivity contribution in [2.75, 3.05) is 19.5 Å². The van der Waals surface area contributed by atoms with Gasteiger partial charge in [0.2, 0.25) is 0 Å². The average molecular weight is 298 g/mol. The molecule has 0 fully saturated rings. The van der Waals surface area contributed by atoms with Crippen LogP contribution >= 0.6 is 22.9 Å². The first-order chi connectivity index (χ1) is 9.15. The van der Waals surface area contributed by atoms with Gasteiger partial charge in [0.25, 0.3) is 0 Å². The Bertz CT molecular complexity index is 543. The fourth-order valence-electron chi connectivity index (χ4n) is 1.81. The van der Waals surface area contributed by atoms with Crippen LogP contribution in [0.15, 0.2) is 29.6 Å². The van der Waals surface area contributed by atoms with E-state index in [4.69, 9.17) is 21.1 Å². The minimum atomic E-state index is 0.190. The van der Waals surface area contributed by atoms with Crippen LogP contribution in [-0.2, 0) is 0 Å². The molecule has 1 unspecified atom stereocenters. The molecule has 1 N–H and O–H groups in total. The number of rotatable bonds is 5. The molecule has 2 aromatic rings. The summed E-state index contributed by atoms with van der Waals surface area (Å²) in [4.78, 5) is 1.26. The maximum absolute atomic E-state index is 6.25. The van der Waals surface area contributed by atoms with Crippen LogP contribution in [-0.4, -0.2) is 14.2 Å². The Morgan fingerprint density at radius 1 is 1.21 bits per heavy atom. The third kappa shape index (κ3) is 3.14. The van der Waals surface area contributed by atoms with Gasteiger partial charge in [0.05, 0.1) is 31.0 Å². The molecule has 2 rings (SSSR count). The molecular weight excluding hydrogens is 282 g/mol. The lowest BCUT2D eigenvalue weighted by Crippen LogP contribution is -2.05. The highest BCUT2D eigenvalue weighted by molar-refractivity contribution is 7.10. The normalized spacial score (nSPS) is 12.0. The molecule has 0 saturated carbocycles. The Balaban J connectivity index is 2.25. The van der Waals surface area contributed by atoms with E-state index in [1.54, 1.807) is 31.6 Å². The number of nitrogens with one attached hydrogen (secondary N) is 1. The molecule has 0 spiro atoms. The van der Waals surface area contributed by atoms with Gasteiger partial charge >= 0.3 is 0 Å². The molecule has 3 nitrogen and oxygen atoms in total. The quantitative estimate of drug-likeness (QED) is 0.875. The van der Waals surface area contributed by atoms with Gasteiger partial charge in [-0.2, -0.15) is 0 Å². The van der Waals surface area contributed by atoms with Crippen LogP contribution in [0.1, 0.15) is 17.8 Å². The fourth-order valence-corrected chi connectivity index (χ4v) is 2.75. The highest BCUT2D eigenvalue weighted by atomic mass is 35.5. The lowest BCUT2D eigenvalue weighted by molar-refractivity contribution is 0.355. The average Bonchev–Trinajstić information content (AvgIpc) is 2.94. The molecule has 0 bridgehead atoms. The maximum atomic E-state index is 6.25. The van der Waals surface area contributed by atoms with E-state index < -0.39 is 0 Å². The molecule has 0 saturated heterocycles. The van der Waals surface area contributed by atoms with Crippen molar-refractivity contribution in [1.29, 1.82) is 0 Å². The lowest BCUT2D eigenvalue weighted by Gasteiger charge is -2.17. The van der Waals surface area contributed by atoms with Crippen molar-refractivity contribution in [2.45, 2.75) is 13.0 Å². The van der Waals surface area contributed by atoms with Crippen molar-refractivity contribution in [2.24, 2.45) is 0 Å². The number of ether oxygens (including phenoxy) is 2. The Labute approximate surface area is 122 Å². The molecular formula is C14H16ClNO2S. The number of hydrogen-bond donors (Lipinski definition) is 1. The van der Waals surface area contributed by atoms with E-state index in [0.29, 0.717) is 16.5 Å². The van der Waals surface area contributed by atoms with Crippen LogP contribution in [0.5, 0.6) is 11.5 Å². The molecule has 1 heterocycles. The first kappa shape index (κ1) is 14.0. The molecule has 1 aromatic carbocycles. The van der Waals surface area contributed by atoms with Gasteiger partial charge in [-0.25, -0.2) is 0 Å². The molecule has 0 aliphatic carbocycles. The standard InChI is InChI=1S/C14H16ClNO2S/c1-9(14-5-4-6-19-14)16-11-8-13(18-3)12(17-2)7-10(11)15/h4-9,16H,1-3H3. The van der Waals surface area contributed by atoms with Gasteiger partial charge in [-0.1, -0.05) is 17.7 Å². The van der Waals surface area contributed by atoms with E-state index in [1.165, 1.54) is 4.88 Å². The maximum Gasteiger partial charge on any atom is 0.162 e. The van der Waals surface area contributed by atoms with E-state index in [9.17, 15) is 0 Å². The predicted molar refractivity (Wildman–Crippen MR) is 80.9 cm³/mol. The third-order valence-corrected chi connectivity index (χ3v) is 4.18. The summed E-state index contributed by atoms with van der Waals surface area (Å²) in [7, 11) is 3.20. The van der Waals surface area contributed by atoms with Gasteiger partial charge in [-0.3, -0.25) is 0 Å². The zero-order chi connectivity index (χ0) is 13.8. The molecule has 5 heteroatoms. The van der Waals surface area contributed by atoms with Crippen LogP contribution in [0.2, 0.25) is 5.02 Å². The Kier molecular flexibility index (Phi) is 4.56. The number of thiophene rings is 1. The largest absolute Gasteiger partial charge is 0.493 e. The molecule has 1 atom stereocenters. The second-order valence-electron chi connectivity index (χ2n) is 4.07. The molecule has 0 aliphatic rings. The third-order valence-electron chi connectivity index (χ3n) is 2.82. The van der Waals surface area contributed by atoms with Crippen molar-refractivity contribution in [3.8, 4) is 11.5 Å². The van der Waals surface area contributed by atoms with Crippen molar-refractivity contribution in [3.63, 3.8) is 0 Å². The second-order valence-corrected chi connectivity index (χ2v) is 5.45. The predicted octanol–water partition coefficient (Wildman–Crippen LogP) is 4.59. The first-order valence-electron chi connectivity index (χ1n) is 5.87. The smallest absolute Gasteiger partial charge is 0.162 e. The van der Waals surface area contributed by atoms with Crippen molar-refractivity contribution in [3.05, 3.63) is 39.5 Å². The fraction of sp³-hybridized carbons (Fsp3) is 0.286. The SMILES string of the molecule is COc1cc(Cl)c(NC(C)c2cccs2)cc1OC. The van der Waals surface area contributed by atoms with Gasteiger partial charge in [-0.05, 0) is 18.4 Å². The lowest BCUT2D eigenvalue weighted by atomic mass is 10.2. The summed E-state index contributed by atoms with van der Waals surface area (Å²) in [6, 6.07) is 7.93. The number of benzene rings is 1.